The minimum Gasteiger partial charge on any atom is -0.496 e. The largest absolute Gasteiger partial charge is 0.496 e. The lowest BCUT2D eigenvalue weighted by molar-refractivity contribution is 0.407. The van der Waals surface area contributed by atoms with E-state index in [1.165, 1.54) is 0 Å². The molecule has 0 aromatic heterocycles. The molecule has 1 fully saturated rings. The molecule has 5 nitrogen and oxygen atoms in total. The van der Waals surface area contributed by atoms with Gasteiger partial charge in [0.15, 0.2) is 0 Å². The summed E-state index contributed by atoms with van der Waals surface area (Å²) in [5, 5.41) is 0. The molecule has 0 bridgehead atoms. The Labute approximate surface area is 127 Å². The van der Waals surface area contributed by atoms with Crippen molar-refractivity contribution in [3.8, 4) is 5.75 Å². The highest BCUT2D eigenvalue weighted by atomic mass is 32.2. The van der Waals surface area contributed by atoms with Crippen LogP contribution in [0.15, 0.2) is 24.3 Å². The maximum absolute atomic E-state index is 12.3. The Morgan fingerprint density at radius 1 is 1.14 bits per heavy atom. The molecule has 118 valence electrons. The second kappa shape index (κ2) is 7.77. The smallest absolute Gasteiger partial charge is 0.279 e. The van der Waals surface area contributed by atoms with Gasteiger partial charge in [-0.25, -0.2) is 4.72 Å². The third-order valence-corrected chi connectivity index (χ3v) is 5.39. The van der Waals surface area contributed by atoms with Crippen LogP contribution in [0.2, 0.25) is 0 Å². The lowest BCUT2D eigenvalue weighted by Gasteiger charge is -2.20. The van der Waals surface area contributed by atoms with Crippen LogP contribution in [-0.2, 0) is 16.6 Å². The maximum atomic E-state index is 12.3. The molecule has 0 aliphatic carbocycles. The summed E-state index contributed by atoms with van der Waals surface area (Å²) >= 11 is 0. The van der Waals surface area contributed by atoms with E-state index >= 15 is 0 Å². The van der Waals surface area contributed by atoms with E-state index in [4.69, 9.17) is 4.74 Å². The third-order valence-electron chi connectivity index (χ3n) is 3.78. The minimum atomic E-state index is -3.35. The van der Waals surface area contributed by atoms with E-state index in [0.717, 1.165) is 37.0 Å². The summed E-state index contributed by atoms with van der Waals surface area (Å²) in [6, 6.07) is 7.68. The van der Waals surface area contributed by atoms with Gasteiger partial charge in [-0.15, -0.1) is 0 Å². The first-order valence-electron chi connectivity index (χ1n) is 7.50. The molecule has 0 unspecified atom stereocenters. The Hall–Kier alpha value is -1.11. The molecule has 1 aromatic rings. The van der Waals surface area contributed by atoms with Gasteiger partial charge in [-0.1, -0.05) is 31.0 Å². The molecule has 0 amide bonds. The summed E-state index contributed by atoms with van der Waals surface area (Å²) in [5.41, 5.74) is 1.01. The van der Waals surface area contributed by atoms with Gasteiger partial charge in [0.05, 0.1) is 7.11 Å². The molecule has 1 aromatic carbocycles. The van der Waals surface area contributed by atoms with Gasteiger partial charge in [-0.05, 0) is 30.9 Å². The van der Waals surface area contributed by atoms with Gasteiger partial charge < -0.3 is 4.74 Å². The van der Waals surface area contributed by atoms with Crippen molar-refractivity contribution in [1.29, 1.82) is 0 Å². The predicted molar refractivity (Wildman–Crippen MR) is 83.7 cm³/mol. The van der Waals surface area contributed by atoms with Gasteiger partial charge in [-0.2, -0.15) is 12.7 Å². The van der Waals surface area contributed by atoms with E-state index < -0.39 is 10.2 Å². The van der Waals surface area contributed by atoms with Gasteiger partial charge in [0, 0.05) is 19.6 Å². The highest BCUT2D eigenvalue weighted by Crippen LogP contribution is 2.17. The highest BCUT2D eigenvalue weighted by Gasteiger charge is 2.22. The first kappa shape index (κ1) is 16.3. The number of rotatable bonds is 6. The number of methoxy groups -OCH3 is 1. The quantitative estimate of drug-likeness (QED) is 0.873. The molecule has 21 heavy (non-hydrogen) atoms. The van der Waals surface area contributed by atoms with Crippen molar-refractivity contribution in [2.24, 2.45) is 0 Å². The van der Waals surface area contributed by atoms with Crippen molar-refractivity contribution in [2.75, 3.05) is 26.7 Å². The van der Waals surface area contributed by atoms with E-state index in [1.54, 1.807) is 11.4 Å². The second-order valence-corrected chi connectivity index (χ2v) is 7.03. The fourth-order valence-corrected chi connectivity index (χ4v) is 3.88. The lowest BCUT2D eigenvalue weighted by atomic mass is 10.1. The molecule has 1 aliphatic rings. The fourth-order valence-electron chi connectivity index (χ4n) is 2.60. The Morgan fingerprint density at radius 2 is 1.81 bits per heavy atom. The SMILES string of the molecule is COc1ccccc1CCNS(=O)(=O)N1CCCCCC1. The summed E-state index contributed by atoms with van der Waals surface area (Å²) in [7, 11) is -1.73. The molecular weight excluding hydrogens is 288 g/mol. The van der Waals surface area contributed by atoms with Crippen LogP contribution in [0.5, 0.6) is 5.75 Å². The number of benzene rings is 1. The standard InChI is InChI=1S/C15H24N2O3S/c1-20-15-9-5-4-8-14(15)10-11-16-21(18,19)17-12-6-2-3-7-13-17/h4-5,8-9,16H,2-3,6-7,10-13H2,1H3. The first-order valence-corrected chi connectivity index (χ1v) is 8.94. The van der Waals surface area contributed by atoms with Crippen LogP contribution in [0.1, 0.15) is 31.2 Å². The summed E-state index contributed by atoms with van der Waals surface area (Å²) < 4.78 is 34.1. The second-order valence-electron chi connectivity index (χ2n) is 5.27. The molecule has 0 saturated carbocycles. The zero-order valence-electron chi connectivity index (χ0n) is 12.5. The molecule has 1 saturated heterocycles. The van der Waals surface area contributed by atoms with Gasteiger partial charge in [0.25, 0.3) is 10.2 Å². The third kappa shape index (κ3) is 4.69. The zero-order valence-corrected chi connectivity index (χ0v) is 13.4. The molecular formula is C15H24N2O3S. The van der Waals surface area contributed by atoms with Gasteiger partial charge in [-0.3, -0.25) is 0 Å². The number of hydrogen-bond acceptors (Lipinski definition) is 3. The number of ether oxygens (including phenoxy) is 1. The number of nitrogens with one attached hydrogen (secondary N) is 1. The summed E-state index contributed by atoms with van der Waals surface area (Å²) in [4.78, 5) is 0. The number of hydrogen-bond donors (Lipinski definition) is 1. The topological polar surface area (TPSA) is 58.6 Å². The molecule has 2 rings (SSSR count). The van der Waals surface area contributed by atoms with E-state index in [2.05, 4.69) is 4.72 Å². The van der Waals surface area contributed by atoms with Crippen LogP contribution < -0.4 is 9.46 Å². The summed E-state index contributed by atoms with van der Waals surface area (Å²) in [6.45, 7) is 1.65. The molecule has 1 heterocycles. The highest BCUT2D eigenvalue weighted by molar-refractivity contribution is 7.87. The van der Waals surface area contributed by atoms with Crippen LogP contribution in [0.25, 0.3) is 0 Å². The van der Waals surface area contributed by atoms with Gasteiger partial charge >= 0.3 is 0 Å². The van der Waals surface area contributed by atoms with Crippen LogP contribution >= 0.6 is 0 Å². The molecule has 0 atom stereocenters. The fraction of sp³-hybridized carbons (Fsp3) is 0.600. The minimum absolute atomic E-state index is 0.388. The monoisotopic (exact) mass is 312 g/mol. The number of para-hydroxylation sites is 1. The van der Waals surface area contributed by atoms with Crippen molar-refractivity contribution in [2.45, 2.75) is 32.1 Å². The molecule has 1 aliphatic heterocycles. The van der Waals surface area contributed by atoms with Crippen LogP contribution in [0, 0.1) is 0 Å². The summed E-state index contributed by atoms with van der Waals surface area (Å²) in [5.74, 6) is 0.798. The average molecular weight is 312 g/mol. The van der Waals surface area contributed by atoms with Crippen LogP contribution in [-0.4, -0.2) is 39.5 Å². The van der Waals surface area contributed by atoms with E-state index in [1.807, 2.05) is 24.3 Å². The first-order chi connectivity index (χ1) is 10.1. The van der Waals surface area contributed by atoms with Crippen LogP contribution in [0.4, 0.5) is 0 Å². The summed E-state index contributed by atoms with van der Waals surface area (Å²) in [6.07, 6.45) is 4.76. The van der Waals surface area contributed by atoms with Crippen molar-refractivity contribution >= 4 is 10.2 Å². The Morgan fingerprint density at radius 3 is 2.48 bits per heavy atom. The average Bonchev–Trinajstić information content (AvgIpc) is 2.77. The van der Waals surface area contributed by atoms with Gasteiger partial charge in [0.2, 0.25) is 0 Å². The Kier molecular flexibility index (Phi) is 6.02. The van der Waals surface area contributed by atoms with Crippen LogP contribution in [0.3, 0.4) is 0 Å². The number of nitrogens with zero attached hydrogens (tertiary/aromatic N) is 1. The Balaban J connectivity index is 1.89. The van der Waals surface area contributed by atoms with Crippen molar-refractivity contribution < 1.29 is 13.2 Å². The molecule has 6 heteroatoms. The van der Waals surface area contributed by atoms with Crippen molar-refractivity contribution in [3.05, 3.63) is 29.8 Å². The van der Waals surface area contributed by atoms with E-state index in [0.29, 0.717) is 26.1 Å². The Bertz CT molecular complexity index is 538. The molecule has 1 N–H and O–H groups in total. The van der Waals surface area contributed by atoms with Crippen molar-refractivity contribution in [3.63, 3.8) is 0 Å². The van der Waals surface area contributed by atoms with E-state index in [9.17, 15) is 8.42 Å². The predicted octanol–water partition coefficient (Wildman–Crippen LogP) is 1.95. The molecule has 0 spiro atoms. The lowest BCUT2D eigenvalue weighted by Crippen LogP contribution is -2.41. The van der Waals surface area contributed by atoms with Crippen molar-refractivity contribution in [1.82, 2.24) is 9.03 Å². The van der Waals surface area contributed by atoms with Gasteiger partial charge in [0.1, 0.15) is 5.75 Å². The van der Waals surface area contributed by atoms with E-state index in [-0.39, 0.29) is 0 Å². The molecule has 0 radical (unpaired) electrons. The zero-order chi connectivity index (χ0) is 15.1. The normalized spacial score (nSPS) is 17.4. The maximum Gasteiger partial charge on any atom is 0.279 e.